The molecular weight excluding hydrogens is 340 g/mol. The van der Waals surface area contributed by atoms with Crippen LogP contribution in [-0.2, 0) is 17.8 Å². The molecule has 1 fully saturated rings. The van der Waals surface area contributed by atoms with Crippen LogP contribution in [-0.4, -0.2) is 21.1 Å². The van der Waals surface area contributed by atoms with Gasteiger partial charge in [-0.15, -0.1) is 11.8 Å². The van der Waals surface area contributed by atoms with Gasteiger partial charge in [0.25, 0.3) is 0 Å². The zero-order chi connectivity index (χ0) is 17.9. The van der Waals surface area contributed by atoms with Gasteiger partial charge in [-0.05, 0) is 35.7 Å². The zero-order valence-corrected chi connectivity index (χ0v) is 15.7. The summed E-state index contributed by atoms with van der Waals surface area (Å²) < 4.78 is 2.14. The Balaban J connectivity index is 1.56. The summed E-state index contributed by atoms with van der Waals surface area (Å²) >= 11 is 1.71. The van der Waals surface area contributed by atoms with E-state index in [9.17, 15) is 4.79 Å². The van der Waals surface area contributed by atoms with Crippen LogP contribution in [0, 0.1) is 0 Å². The standard InChI is InChI=1S/C22H22N2OS/c1-2-17-8-10-20(11-9-17)23-13-12-19(15-23)22-24(21(25)16-26-22)14-18-6-4-3-5-7-18/h3-13,15,22H,2,14,16H2,1H3. The van der Waals surface area contributed by atoms with E-state index in [1.54, 1.807) is 11.8 Å². The number of aryl methyl sites for hydroxylation is 1. The Kier molecular flexibility index (Phi) is 4.85. The number of nitrogens with zero attached hydrogens (tertiary/aromatic N) is 2. The second-order valence-electron chi connectivity index (χ2n) is 6.54. The summed E-state index contributed by atoms with van der Waals surface area (Å²) in [6.45, 7) is 2.83. The van der Waals surface area contributed by atoms with E-state index in [1.807, 2.05) is 23.1 Å². The number of hydrogen-bond donors (Lipinski definition) is 0. The van der Waals surface area contributed by atoms with E-state index in [1.165, 1.54) is 16.7 Å². The summed E-state index contributed by atoms with van der Waals surface area (Å²) in [5, 5.41) is 0.0823. The number of rotatable bonds is 5. The Morgan fingerprint density at radius 2 is 1.77 bits per heavy atom. The topological polar surface area (TPSA) is 25.2 Å². The first kappa shape index (κ1) is 17.0. The van der Waals surface area contributed by atoms with Gasteiger partial charge in [0.1, 0.15) is 5.37 Å². The molecule has 0 saturated carbocycles. The van der Waals surface area contributed by atoms with Crippen molar-refractivity contribution in [2.24, 2.45) is 0 Å². The average Bonchev–Trinajstić information content (AvgIpc) is 3.30. The molecule has 132 valence electrons. The van der Waals surface area contributed by atoms with E-state index in [-0.39, 0.29) is 11.3 Å². The lowest BCUT2D eigenvalue weighted by Crippen LogP contribution is -2.27. The maximum atomic E-state index is 12.4. The van der Waals surface area contributed by atoms with E-state index in [0.717, 1.165) is 12.1 Å². The highest BCUT2D eigenvalue weighted by atomic mass is 32.2. The molecule has 1 saturated heterocycles. The Labute approximate surface area is 158 Å². The van der Waals surface area contributed by atoms with Crippen molar-refractivity contribution in [3.8, 4) is 5.69 Å². The van der Waals surface area contributed by atoms with Gasteiger partial charge in [0, 0.05) is 30.2 Å². The molecule has 0 N–H and O–H groups in total. The van der Waals surface area contributed by atoms with Gasteiger partial charge in [-0.25, -0.2) is 0 Å². The van der Waals surface area contributed by atoms with Gasteiger partial charge >= 0.3 is 0 Å². The third-order valence-corrected chi connectivity index (χ3v) is 6.06. The number of carbonyl (C=O) groups excluding carboxylic acids is 1. The minimum Gasteiger partial charge on any atom is -0.323 e. The molecule has 1 amide bonds. The van der Waals surface area contributed by atoms with Gasteiger partial charge < -0.3 is 9.47 Å². The molecule has 0 spiro atoms. The van der Waals surface area contributed by atoms with Crippen LogP contribution in [0.2, 0.25) is 0 Å². The fourth-order valence-electron chi connectivity index (χ4n) is 3.30. The summed E-state index contributed by atoms with van der Waals surface area (Å²) in [7, 11) is 0. The SMILES string of the molecule is CCc1ccc(-n2ccc(C3SCC(=O)N3Cc3ccccc3)c2)cc1. The maximum Gasteiger partial charge on any atom is 0.234 e. The Morgan fingerprint density at radius 1 is 1.00 bits per heavy atom. The molecule has 1 aliphatic heterocycles. The maximum absolute atomic E-state index is 12.4. The number of carbonyl (C=O) groups is 1. The molecule has 1 aliphatic rings. The second-order valence-corrected chi connectivity index (χ2v) is 7.61. The van der Waals surface area contributed by atoms with Crippen molar-refractivity contribution >= 4 is 17.7 Å². The summed E-state index contributed by atoms with van der Waals surface area (Å²) in [6.07, 6.45) is 5.28. The lowest BCUT2D eigenvalue weighted by Gasteiger charge is -2.23. The molecule has 3 aromatic rings. The Hall–Kier alpha value is -2.46. The molecule has 26 heavy (non-hydrogen) atoms. The summed E-state index contributed by atoms with van der Waals surface area (Å²) in [6, 6.07) is 21.0. The van der Waals surface area contributed by atoms with Crippen LogP contribution in [0.3, 0.4) is 0 Å². The lowest BCUT2D eigenvalue weighted by molar-refractivity contribution is -0.128. The zero-order valence-electron chi connectivity index (χ0n) is 14.8. The third kappa shape index (κ3) is 3.42. The van der Waals surface area contributed by atoms with Crippen molar-refractivity contribution in [1.29, 1.82) is 0 Å². The highest BCUT2D eigenvalue weighted by Crippen LogP contribution is 2.39. The highest BCUT2D eigenvalue weighted by molar-refractivity contribution is 8.00. The molecule has 1 atom stereocenters. The Bertz CT molecular complexity index is 886. The molecular formula is C22H22N2OS. The molecule has 1 unspecified atom stereocenters. The van der Waals surface area contributed by atoms with Gasteiger partial charge in [-0.1, -0.05) is 49.4 Å². The fourth-order valence-corrected chi connectivity index (χ4v) is 4.47. The molecule has 2 aromatic carbocycles. The monoisotopic (exact) mass is 362 g/mol. The highest BCUT2D eigenvalue weighted by Gasteiger charge is 2.33. The molecule has 4 rings (SSSR count). The minimum atomic E-state index is 0.0823. The Morgan fingerprint density at radius 3 is 2.50 bits per heavy atom. The molecule has 0 aliphatic carbocycles. The number of benzene rings is 2. The largest absolute Gasteiger partial charge is 0.323 e. The van der Waals surface area contributed by atoms with E-state index < -0.39 is 0 Å². The van der Waals surface area contributed by atoms with E-state index in [4.69, 9.17) is 0 Å². The van der Waals surface area contributed by atoms with Crippen molar-refractivity contribution < 1.29 is 4.79 Å². The van der Waals surface area contributed by atoms with Crippen LogP contribution in [0.15, 0.2) is 73.1 Å². The normalized spacial score (nSPS) is 17.0. The second kappa shape index (κ2) is 7.42. The van der Waals surface area contributed by atoms with Crippen molar-refractivity contribution in [3.05, 3.63) is 89.7 Å². The van der Waals surface area contributed by atoms with Gasteiger partial charge in [-0.3, -0.25) is 4.79 Å². The van der Waals surface area contributed by atoms with Crippen molar-refractivity contribution in [2.45, 2.75) is 25.3 Å². The van der Waals surface area contributed by atoms with Crippen LogP contribution in [0.5, 0.6) is 0 Å². The van der Waals surface area contributed by atoms with E-state index in [2.05, 4.69) is 66.3 Å². The number of hydrogen-bond acceptors (Lipinski definition) is 2. The first-order chi connectivity index (χ1) is 12.7. The van der Waals surface area contributed by atoms with Gasteiger partial charge in [0.2, 0.25) is 5.91 Å². The van der Waals surface area contributed by atoms with E-state index >= 15 is 0 Å². The van der Waals surface area contributed by atoms with Crippen LogP contribution < -0.4 is 0 Å². The molecule has 0 bridgehead atoms. The van der Waals surface area contributed by atoms with Crippen LogP contribution in [0.1, 0.15) is 29.0 Å². The molecule has 1 aromatic heterocycles. The fraction of sp³-hybridized carbons (Fsp3) is 0.227. The van der Waals surface area contributed by atoms with Crippen molar-refractivity contribution in [1.82, 2.24) is 9.47 Å². The quantitative estimate of drug-likeness (QED) is 0.650. The van der Waals surface area contributed by atoms with Crippen molar-refractivity contribution in [3.63, 3.8) is 0 Å². The molecule has 4 heteroatoms. The molecule has 2 heterocycles. The molecule has 3 nitrogen and oxygen atoms in total. The summed E-state index contributed by atoms with van der Waals surface area (Å²) in [5.74, 6) is 0.761. The van der Waals surface area contributed by atoms with Gasteiger partial charge in [0.15, 0.2) is 0 Å². The first-order valence-electron chi connectivity index (χ1n) is 8.97. The third-order valence-electron chi connectivity index (χ3n) is 4.81. The van der Waals surface area contributed by atoms with Gasteiger partial charge in [0.05, 0.1) is 5.75 Å². The van der Waals surface area contributed by atoms with Crippen LogP contribution in [0.4, 0.5) is 0 Å². The predicted molar refractivity (Wildman–Crippen MR) is 107 cm³/mol. The van der Waals surface area contributed by atoms with E-state index in [0.29, 0.717) is 12.3 Å². The molecule has 0 radical (unpaired) electrons. The average molecular weight is 362 g/mol. The number of aromatic nitrogens is 1. The first-order valence-corrected chi connectivity index (χ1v) is 10.0. The smallest absolute Gasteiger partial charge is 0.234 e. The van der Waals surface area contributed by atoms with Crippen LogP contribution >= 0.6 is 11.8 Å². The van der Waals surface area contributed by atoms with Crippen LogP contribution in [0.25, 0.3) is 5.69 Å². The number of thioether (sulfide) groups is 1. The lowest BCUT2D eigenvalue weighted by atomic mass is 10.1. The summed E-state index contributed by atoms with van der Waals surface area (Å²) in [4.78, 5) is 14.4. The number of amides is 1. The summed E-state index contributed by atoms with van der Waals surface area (Å²) in [5.41, 5.74) is 4.84. The predicted octanol–water partition coefficient (Wildman–Crippen LogP) is 4.81. The minimum absolute atomic E-state index is 0.0823. The van der Waals surface area contributed by atoms with Crippen molar-refractivity contribution in [2.75, 3.05) is 5.75 Å². The van der Waals surface area contributed by atoms with Gasteiger partial charge in [-0.2, -0.15) is 0 Å².